The predicted molar refractivity (Wildman–Crippen MR) is 84.2 cm³/mol. The molecule has 0 saturated carbocycles. The first-order chi connectivity index (χ1) is 9.69. The Bertz CT molecular complexity index is 554. The molecule has 2 rings (SSSR count). The summed E-state index contributed by atoms with van der Waals surface area (Å²) in [6, 6.07) is 16.5. The number of anilines is 2. The summed E-state index contributed by atoms with van der Waals surface area (Å²) in [4.78, 5) is 12.2. The van der Waals surface area contributed by atoms with Gasteiger partial charge in [0, 0.05) is 16.4 Å². The lowest BCUT2D eigenvalue weighted by molar-refractivity contribution is -0.116. The van der Waals surface area contributed by atoms with E-state index in [-0.39, 0.29) is 11.9 Å². The summed E-state index contributed by atoms with van der Waals surface area (Å²) in [5.41, 5.74) is 1.68. The lowest BCUT2D eigenvalue weighted by Crippen LogP contribution is -2.34. The van der Waals surface area contributed by atoms with E-state index in [1.54, 1.807) is 12.1 Å². The Balaban J connectivity index is 2.00. The topological polar surface area (TPSA) is 41.1 Å². The summed E-state index contributed by atoms with van der Waals surface area (Å²) in [6.07, 6.45) is 0.696. The van der Waals surface area contributed by atoms with Crippen LogP contribution in [0.25, 0.3) is 0 Å². The number of halogens is 1. The first kappa shape index (κ1) is 14.4. The van der Waals surface area contributed by atoms with Gasteiger partial charge in [0.05, 0.1) is 0 Å². The molecule has 4 heteroatoms. The van der Waals surface area contributed by atoms with Crippen molar-refractivity contribution in [3.05, 3.63) is 59.6 Å². The highest BCUT2D eigenvalue weighted by Crippen LogP contribution is 2.16. The second kappa shape index (κ2) is 6.96. The summed E-state index contributed by atoms with van der Waals surface area (Å²) >= 11 is 5.84. The van der Waals surface area contributed by atoms with Gasteiger partial charge < -0.3 is 10.6 Å². The number of para-hydroxylation sites is 1. The minimum atomic E-state index is -0.281. The van der Waals surface area contributed by atoms with Gasteiger partial charge in [0.2, 0.25) is 5.91 Å². The smallest absolute Gasteiger partial charge is 0.246 e. The number of benzene rings is 2. The highest BCUT2D eigenvalue weighted by molar-refractivity contribution is 6.30. The largest absolute Gasteiger partial charge is 0.374 e. The van der Waals surface area contributed by atoms with Crippen LogP contribution < -0.4 is 10.6 Å². The Morgan fingerprint density at radius 1 is 1.05 bits per heavy atom. The minimum absolute atomic E-state index is 0.0475. The van der Waals surface area contributed by atoms with Crippen LogP contribution in [0.2, 0.25) is 5.02 Å². The molecule has 2 N–H and O–H groups in total. The summed E-state index contributed by atoms with van der Waals surface area (Å²) < 4.78 is 0. The Morgan fingerprint density at radius 2 is 1.70 bits per heavy atom. The van der Waals surface area contributed by atoms with Gasteiger partial charge in [0.25, 0.3) is 0 Å². The van der Waals surface area contributed by atoms with E-state index in [1.807, 2.05) is 49.4 Å². The van der Waals surface area contributed by atoms with E-state index in [1.165, 1.54) is 0 Å². The fourth-order valence-electron chi connectivity index (χ4n) is 1.85. The monoisotopic (exact) mass is 288 g/mol. The number of hydrogen-bond acceptors (Lipinski definition) is 2. The maximum absolute atomic E-state index is 12.2. The molecule has 0 unspecified atom stereocenters. The Kier molecular flexibility index (Phi) is 5.02. The van der Waals surface area contributed by atoms with Crippen molar-refractivity contribution in [1.82, 2.24) is 0 Å². The predicted octanol–water partition coefficient (Wildman–Crippen LogP) is 4.17. The quantitative estimate of drug-likeness (QED) is 0.867. The average molecular weight is 289 g/mol. The zero-order chi connectivity index (χ0) is 14.4. The SMILES string of the molecule is CC[C@@H](Nc1ccc(Cl)cc1)C(=O)Nc1ccccc1. The van der Waals surface area contributed by atoms with E-state index in [9.17, 15) is 4.79 Å². The third kappa shape index (κ3) is 4.00. The standard InChI is InChI=1S/C16H17ClN2O/c1-2-15(18-14-10-8-12(17)9-11-14)16(20)19-13-6-4-3-5-7-13/h3-11,15,18H,2H2,1H3,(H,19,20)/t15-/m1/s1. The third-order valence-electron chi connectivity index (χ3n) is 2.95. The second-order valence-corrected chi connectivity index (χ2v) is 4.90. The summed E-state index contributed by atoms with van der Waals surface area (Å²) in [5, 5.41) is 6.78. The van der Waals surface area contributed by atoms with E-state index < -0.39 is 0 Å². The van der Waals surface area contributed by atoms with Crippen molar-refractivity contribution in [2.24, 2.45) is 0 Å². The third-order valence-corrected chi connectivity index (χ3v) is 3.20. The maximum Gasteiger partial charge on any atom is 0.246 e. The minimum Gasteiger partial charge on any atom is -0.374 e. The molecule has 0 spiro atoms. The number of carbonyl (C=O) groups excluding carboxylic acids is 1. The lowest BCUT2D eigenvalue weighted by atomic mass is 10.2. The van der Waals surface area contributed by atoms with Crippen molar-refractivity contribution in [3.63, 3.8) is 0 Å². The van der Waals surface area contributed by atoms with E-state index in [2.05, 4.69) is 10.6 Å². The van der Waals surface area contributed by atoms with Gasteiger partial charge in [-0.15, -0.1) is 0 Å². The van der Waals surface area contributed by atoms with Crippen LogP contribution in [0, 0.1) is 0 Å². The molecule has 20 heavy (non-hydrogen) atoms. The van der Waals surface area contributed by atoms with E-state index in [0.29, 0.717) is 11.4 Å². The van der Waals surface area contributed by atoms with E-state index in [0.717, 1.165) is 11.4 Å². The van der Waals surface area contributed by atoms with Crippen LogP contribution in [0.3, 0.4) is 0 Å². The molecule has 0 aliphatic carbocycles. The number of rotatable bonds is 5. The van der Waals surface area contributed by atoms with Crippen LogP contribution in [0.15, 0.2) is 54.6 Å². The molecular formula is C16H17ClN2O. The van der Waals surface area contributed by atoms with Gasteiger partial charge in [-0.25, -0.2) is 0 Å². The normalized spacial score (nSPS) is 11.7. The lowest BCUT2D eigenvalue weighted by Gasteiger charge is -2.18. The van der Waals surface area contributed by atoms with Gasteiger partial charge >= 0.3 is 0 Å². The number of hydrogen-bond donors (Lipinski definition) is 2. The molecule has 1 atom stereocenters. The van der Waals surface area contributed by atoms with E-state index in [4.69, 9.17) is 11.6 Å². The average Bonchev–Trinajstić information content (AvgIpc) is 2.47. The molecule has 1 amide bonds. The van der Waals surface area contributed by atoms with Crippen molar-refractivity contribution in [1.29, 1.82) is 0 Å². The van der Waals surface area contributed by atoms with Crippen LogP contribution in [-0.4, -0.2) is 11.9 Å². The first-order valence-electron chi connectivity index (χ1n) is 6.57. The molecule has 2 aromatic rings. The molecule has 0 bridgehead atoms. The van der Waals surface area contributed by atoms with E-state index >= 15 is 0 Å². The fourth-order valence-corrected chi connectivity index (χ4v) is 1.98. The molecule has 0 aliphatic rings. The zero-order valence-corrected chi connectivity index (χ0v) is 12.0. The molecule has 104 valence electrons. The maximum atomic E-state index is 12.2. The van der Waals surface area contributed by atoms with Crippen molar-refractivity contribution < 1.29 is 4.79 Å². The van der Waals surface area contributed by atoms with Crippen LogP contribution >= 0.6 is 11.6 Å². The Labute approximate surface area is 124 Å². The second-order valence-electron chi connectivity index (χ2n) is 4.47. The molecule has 0 aliphatic heterocycles. The van der Waals surface area contributed by atoms with Crippen molar-refractivity contribution >= 4 is 28.9 Å². The summed E-state index contributed by atoms with van der Waals surface area (Å²) in [5.74, 6) is -0.0475. The van der Waals surface area contributed by atoms with Crippen molar-refractivity contribution in [3.8, 4) is 0 Å². The molecule has 3 nitrogen and oxygen atoms in total. The molecule has 0 radical (unpaired) electrons. The van der Waals surface area contributed by atoms with Crippen LogP contribution in [0.5, 0.6) is 0 Å². The molecule has 0 aromatic heterocycles. The van der Waals surface area contributed by atoms with Gasteiger partial charge in [-0.2, -0.15) is 0 Å². The first-order valence-corrected chi connectivity index (χ1v) is 6.95. The van der Waals surface area contributed by atoms with Crippen LogP contribution in [-0.2, 0) is 4.79 Å². The van der Waals surface area contributed by atoms with Crippen molar-refractivity contribution in [2.75, 3.05) is 10.6 Å². The van der Waals surface area contributed by atoms with Gasteiger partial charge in [-0.1, -0.05) is 36.7 Å². The van der Waals surface area contributed by atoms with Gasteiger partial charge in [0.15, 0.2) is 0 Å². The number of amides is 1. The van der Waals surface area contributed by atoms with Crippen molar-refractivity contribution in [2.45, 2.75) is 19.4 Å². The number of nitrogens with one attached hydrogen (secondary N) is 2. The zero-order valence-electron chi connectivity index (χ0n) is 11.3. The highest BCUT2D eigenvalue weighted by Gasteiger charge is 2.16. The molecule has 0 saturated heterocycles. The Hall–Kier alpha value is -2.00. The molecule has 2 aromatic carbocycles. The molecule has 0 fully saturated rings. The number of carbonyl (C=O) groups is 1. The fraction of sp³-hybridized carbons (Fsp3) is 0.188. The van der Waals surface area contributed by atoms with Crippen LogP contribution in [0.4, 0.5) is 11.4 Å². The summed E-state index contributed by atoms with van der Waals surface area (Å²) in [6.45, 7) is 1.97. The highest BCUT2D eigenvalue weighted by atomic mass is 35.5. The summed E-state index contributed by atoms with van der Waals surface area (Å²) in [7, 11) is 0. The molecule has 0 heterocycles. The Morgan fingerprint density at radius 3 is 2.30 bits per heavy atom. The van der Waals surface area contributed by atoms with Crippen LogP contribution in [0.1, 0.15) is 13.3 Å². The van der Waals surface area contributed by atoms with Gasteiger partial charge in [-0.3, -0.25) is 4.79 Å². The van der Waals surface area contributed by atoms with Gasteiger partial charge in [-0.05, 0) is 42.8 Å². The molecular weight excluding hydrogens is 272 g/mol. The van der Waals surface area contributed by atoms with Gasteiger partial charge in [0.1, 0.15) is 6.04 Å².